The van der Waals surface area contributed by atoms with Gasteiger partial charge < -0.3 is 10.6 Å². The normalized spacial score (nSPS) is 10.1. The number of amides is 1. The second kappa shape index (κ2) is 8.04. The van der Waals surface area contributed by atoms with Crippen molar-refractivity contribution in [1.82, 2.24) is 10.3 Å². The molecule has 2 aromatic rings. The molecule has 0 spiro atoms. The second-order valence-electron chi connectivity index (χ2n) is 4.89. The summed E-state index contributed by atoms with van der Waals surface area (Å²) >= 11 is 0. The van der Waals surface area contributed by atoms with Crippen molar-refractivity contribution >= 4 is 17.3 Å². The molecule has 0 saturated heterocycles. The molecule has 2 N–H and O–H groups in total. The monoisotopic (exact) mass is 283 g/mol. The minimum absolute atomic E-state index is 0.114. The molecule has 0 radical (unpaired) electrons. The Morgan fingerprint density at radius 2 is 1.86 bits per heavy atom. The van der Waals surface area contributed by atoms with Crippen LogP contribution in [-0.4, -0.2) is 17.4 Å². The van der Waals surface area contributed by atoms with E-state index < -0.39 is 0 Å². The van der Waals surface area contributed by atoms with Gasteiger partial charge in [0.15, 0.2) is 0 Å². The predicted octanol–water partition coefficient (Wildman–Crippen LogP) is 3.75. The van der Waals surface area contributed by atoms with E-state index >= 15 is 0 Å². The highest BCUT2D eigenvalue weighted by Crippen LogP contribution is 2.14. The SMILES string of the molecule is CCCCCNC(=O)c1ccc(Nc2ccccc2)cn1. The number of rotatable bonds is 7. The Labute approximate surface area is 125 Å². The summed E-state index contributed by atoms with van der Waals surface area (Å²) in [6.45, 7) is 2.85. The lowest BCUT2D eigenvalue weighted by Gasteiger charge is -2.07. The summed E-state index contributed by atoms with van der Waals surface area (Å²) in [6.07, 6.45) is 4.96. The van der Waals surface area contributed by atoms with Crippen LogP contribution in [0.4, 0.5) is 11.4 Å². The van der Waals surface area contributed by atoms with E-state index in [0.717, 1.165) is 30.6 Å². The van der Waals surface area contributed by atoms with E-state index in [-0.39, 0.29) is 5.91 Å². The number of nitrogens with one attached hydrogen (secondary N) is 2. The fourth-order valence-corrected chi connectivity index (χ4v) is 1.96. The molecule has 0 unspecified atom stereocenters. The van der Waals surface area contributed by atoms with Gasteiger partial charge in [0.2, 0.25) is 0 Å². The van der Waals surface area contributed by atoms with E-state index in [1.807, 2.05) is 36.4 Å². The maximum absolute atomic E-state index is 11.9. The molecule has 0 aliphatic heterocycles. The Bertz CT molecular complexity index is 552. The molecular weight excluding hydrogens is 262 g/mol. The minimum Gasteiger partial charge on any atom is -0.354 e. The molecule has 1 amide bonds. The molecule has 0 atom stereocenters. The van der Waals surface area contributed by atoms with Gasteiger partial charge in [-0.2, -0.15) is 0 Å². The zero-order valence-electron chi connectivity index (χ0n) is 12.3. The molecule has 21 heavy (non-hydrogen) atoms. The Morgan fingerprint density at radius 3 is 2.52 bits per heavy atom. The van der Waals surface area contributed by atoms with Crippen LogP contribution in [-0.2, 0) is 0 Å². The molecular formula is C17H21N3O. The maximum atomic E-state index is 11.9. The Balaban J connectivity index is 1.88. The van der Waals surface area contributed by atoms with Crippen LogP contribution in [0.1, 0.15) is 36.7 Å². The van der Waals surface area contributed by atoms with Crippen molar-refractivity contribution in [3.63, 3.8) is 0 Å². The van der Waals surface area contributed by atoms with Crippen LogP contribution in [0.3, 0.4) is 0 Å². The standard InChI is InChI=1S/C17H21N3O/c1-2-3-7-12-18-17(21)16-11-10-15(13-19-16)20-14-8-5-4-6-9-14/h4-6,8-11,13,20H,2-3,7,12H2,1H3,(H,18,21). The van der Waals surface area contributed by atoms with Crippen LogP contribution >= 0.6 is 0 Å². The number of aromatic nitrogens is 1. The highest BCUT2D eigenvalue weighted by molar-refractivity contribution is 5.92. The lowest BCUT2D eigenvalue weighted by Crippen LogP contribution is -2.25. The van der Waals surface area contributed by atoms with Gasteiger partial charge in [-0.1, -0.05) is 38.0 Å². The molecule has 1 heterocycles. The van der Waals surface area contributed by atoms with E-state index in [4.69, 9.17) is 0 Å². The summed E-state index contributed by atoms with van der Waals surface area (Å²) in [5, 5.41) is 6.12. The fourth-order valence-electron chi connectivity index (χ4n) is 1.96. The summed E-state index contributed by atoms with van der Waals surface area (Å²) in [6, 6.07) is 13.5. The number of hydrogen-bond donors (Lipinski definition) is 2. The Hall–Kier alpha value is -2.36. The molecule has 1 aromatic carbocycles. The molecule has 0 fully saturated rings. The van der Waals surface area contributed by atoms with Gasteiger partial charge in [0, 0.05) is 12.2 Å². The first-order valence-electron chi connectivity index (χ1n) is 7.36. The van der Waals surface area contributed by atoms with Gasteiger partial charge >= 0.3 is 0 Å². The third kappa shape index (κ3) is 4.91. The van der Waals surface area contributed by atoms with Crippen molar-refractivity contribution < 1.29 is 4.79 Å². The third-order valence-electron chi connectivity index (χ3n) is 3.12. The molecule has 4 nitrogen and oxygen atoms in total. The van der Waals surface area contributed by atoms with Crippen molar-refractivity contribution in [2.24, 2.45) is 0 Å². The number of nitrogens with zero attached hydrogens (tertiary/aromatic N) is 1. The van der Waals surface area contributed by atoms with Crippen LogP contribution < -0.4 is 10.6 Å². The summed E-state index contributed by atoms with van der Waals surface area (Å²) in [5.74, 6) is -0.114. The maximum Gasteiger partial charge on any atom is 0.269 e. The number of benzene rings is 1. The van der Waals surface area contributed by atoms with Crippen LogP contribution in [0, 0.1) is 0 Å². The smallest absolute Gasteiger partial charge is 0.269 e. The molecule has 0 bridgehead atoms. The van der Waals surface area contributed by atoms with Crippen LogP contribution in [0.5, 0.6) is 0 Å². The molecule has 110 valence electrons. The van der Waals surface area contributed by atoms with Crippen molar-refractivity contribution in [3.8, 4) is 0 Å². The number of para-hydroxylation sites is 1. The van der Waals surface area contributed by atoms with E-state index in [2.05, 4.69) is 22.5 Å². The minimum atomic E-state index is -0.114. The summed E-state index contributed by atoms with van der Waals surface area (Å²) in [4.78, 5) is 16.1. The van der Waals surface area contributed by atoms with Crippen molar-refractivity contribution in [2.45, 2.75) is 26.2 Å². The van der Waals surface area contributed by atoms with E-state index in [0.29, 0.717) is 12.2 Å². The van der Waals surface area contributed by atoms with Gasteiger partial charge in [0.05, 0.1) is 11.9 Å². The van der Waals surface area contributed by atoms with Crippen molar-refractivity contribution in [1.29, 1.82) is 0 Å². The number of carbonyl (C=O) groups excluding carboxylic acids is 1. The third-order valence-corrected chi connectivity index (χ3v) is 3.12. The van der Waals surface area contributed by atoms with Crippen LogP contribution in [0.15, 0.2) is 48.7 Å². The lowest BCUT2D eigenvalue weighted by atomic mass is 10.2. The van der Waals surface area contributed by atoms with Gasteiger partial charge in [-0.25, -0.2) is 4.98 Å². The summed E-state index contributed by atoms with van der Waals surface area (Å²) in [7, 11) is 0. The molecule has 1 aromatic heterocycles. The first kappa shape index (κ1) is 15.0. The quantitative estimate of drug-likeness (QED) is 0.761. The predicted molar refractivity (Wildman–Crippen MR) is 85.8 cm³/mol. The molecule has 4 heteroatoms. The van der Waals surface area contributed by atoms with Crippen molar-refractivity contribution in [2.75, 3.05) is 11.9 Å². The van der Waals surface area contributed by atoms with Gasteiger partial charge in [0.1, 0.15) is 5.69 Å². The topological polar surface area (TPSA) is 54.0 Å². The number of hydrogen-bond acceptors (Lipinski definition) is 3. The van der Waals surface area contributed by atoms with E-state index in [9.17, 15) is 4.79 Å². The highest BCUT2D eigenvalue weighted by Gasteiger charge is 2.06. The van der Waals surface area contributed by atoms with E-state index in [1.54, 1.807) is 12.3 Å². The summed E-state index contributed by atoms with van der Waals surface area (Å²) < 4.78 is 0. The molecule has 0 saturated carbocycles. The average molecular weight is 283 g/mol. The van der Waals surface area contributed by atoms with Gasteiger partial charge in [-0.05, 0) is 30.7 Å². The fraction of sp³-hybridized carbons (Fsp3) is 0.294. The number of carbonyl (C=O) groups is 1. The van der Waals surface area contributed by atoms with Crippen molar-refractivity contribution in [3.05, 3.63) is 54.4 Å². The molecule has 0 aliphatic rings. The second-order valence-corrected chi connectivity index (χ2v) is 4.89. The molecule has 0 aliphatic carbocycles. The van der Waals surface area contributed by atoms with Gasteiger partial charge in [0.25, 0.3) is 5.91 Å². The number of unbranched alkanes of at least 4 members (excludes halogenated alkanes) is 2. The number of pyridine rings is 1. The Kier molecular flexibility index (Phi) is 5.76. The zero-order valence-corrected chi connectivity index (χ0v) is 12.3. The first-order valence-corrected chi connectivity index (χ1v) is 7.36. The zero-order chi connectivity index (χ0) is 14.9. The van der Waals surface area contributed by atoms with Crippen LogP contribution in [0.25, 0.3) is 0 Å². The highest BCUT2D eigenvalue weighted by atomic mass is 16.1. The Morgan fingerprint density at radius 1 is 1.05 bits per heavy atom. The first-order chi connectivity index (χ1) is 10.3. The molecule has 2 rings (SSSR count). The number of anilines is 2. The summed E-state index contributed by atoms with van der Waals surface area (Å²) in [5.41, 5.74) is 2.31. The van der Waals surface area contributed by atoms with Crippen LogP contribution in [0.2, 0.25) is 0 Å². The largest absolute Gasteiger partial charge is 0.354 e. The van der Waals surface area contributed by atoms with E-state index in [1.165, 1.54) is 0 Å². The lowest BCUT2D eigenvalue weighted by molar-refractivity contribution is 0.0948. The van der Waals surface area contributed by atoms with Gasteiger partial charge in [-0.3, -0.25) is 4.79 Å². The van der Waals surface area contributed by atoms with Gasteiger partial charge in [-0.15, -0.1) is 0 Å². The average Bonchev–Trinajstić information content (AvgIpc) is 2.53.